The van der Waals surface area contributed by atoms with Crippen molar-refractivity contribution in [2.24, 2.45) is 0 Å². The Morgan fingerprint density at radius 2 is 2.17 bits per heavy atom. The molecule has 0 saturated carbocycles. The Morgan fingerprint density at radius 1 is 1.44 bits per heavy atom. The van der Waals surface area contributed by atoms with Crippen LogP contribution in [0, 0.1) is 0 Å². The summed E-state index contributed by atoms with van der Waals surface area (Å²) in [6.07, 6.45) is 0. The average molecular weight is 273 g/mol. The minimum absolute atomic E-state index is 0.0765. The number of carboxylic acids is 1. The van der Waals surface area contributed by atoms with E-state index in [-0.39, 0.29) is 5.75 Å². The van der Waals surface area contributed by atoms with Gasteiger partial charge in [0.05, 0.1) is 25.5 Å². The monoisotopic (exact) mass is 273 g/mol. The molecule has 0 bridgehead atoms. The molecule has 1 saturated heterocycles. The Kier molecular flexibility index (Phi) is 4.39. The first-order valence-electron chi connectivity index (χ1n) is 5.51. The molecule has 2 rings (SSSR count). The first-order chi connectivity index (χ1) is 8.66. The zero-order chi connectivity index (χ0) is 13.0. The van der Waals surface area contributed by atoms with Crippen molar-refractivity contribution in [2.75, 3.05) is 37.9 Å². The molecule has 3 N–H and O–H groups in total. The van der Waals surface area contributed by atoms with E-state index in [1.807, 2.05) is 0 Å². The summed E-state index contributed by atoms with van der Waals surface area (Å²) in [5.74, 6) is 5.47. The number of aromatic nitrogens is 3. The van der Waals surface area contributed by atoms with Gasteiger partial charge in [-0.3, -0.25) is 9.69 Å². The van der Waals surface area contributed by atoms with Gasteiger partial charge in [-0.2, -0.15) is 0 Å². The zero-order valence-electron chi connectivity index (χ0n) is 9.78. The predicted octanol–water partition coefficient (Wildman–Crippen LogP) is -0.999. The maximum absolute atomic E-state index is 10.5. The van der Waals surface area contributed by atoms with E-state index in [1.54, 1.807) is 0 Å². The molecule has 0 radical (unpaired) electrons. The molecule has 1 aliphatic rings. The molecule has 0 aromatic carbocycles. The summed E-state index contributed by atoms with van der Waals surface area (Å²) in [7, 11) is 0. The Morgan fingerprint density at radius 3 is 2.83 bits per heavy atom. The highest BCUT2D eigenvalue weighted by molar-refractivity contribution is 7.99. The van der Waals surface area contributed by atoms with Crippen LogP contribution in [0.5, 0.6) is 0 Å². The summed E-state index contributed by atoms with van der Waals surface area (Å²) in [4.78, 5) is 12.6. The molecule has 1 aromatic heterocycles. The molecule has 18 heavy (non-hydrogen) atoms. The highest BCUT2D eigenvalue weighted by Crippen LogP contribution is 2.15. The number of hydrogen-bond acceptors (Lipinski definition) is 7. The van der Waals surface area contributed by atoms with Gasteiger partial charge in [-0.25, -0.2) is 4.68 Å². The Balaban J connectivity index is 1.94. The van der Waals surface area contributed by atoms with Crippen molar-refractivity contribution in [3.63, 3.8) is 0 Å². The van der Waals surface area contributed by atoms with Gasteiger partial charge in [0.2, 0.25) is 5.16 Å². The van der Waals surface area contributed by atoms with E-state index in [4.69, 9.17) is 15.7 Å². The van der Waals surface area contributed by atoms with Crippen LogP contribution in [-0.2, 0) is 16.1 Å². The number of nitrogen functional groups attached to an aromatic ring is 1. The predicted molar refractivity (Wildman–Crippen MR) is 64.6 cm³/mol. The van der Waals surface area contributed by atoms with Crippen molar-refractivity contribution in [1.29, 1.82) is 0 Å². The maximum Gasteiger partial charge on any atom is 0.313 e. The van der Waals surface area contributed by atoms with Crippen LogP contribution >= 0.6 is 11.8 Å². The smallest absolute Gasteiger partial charge is 0.313 e. The van der Waals surface area contributed by atoms with Crippen LogP contribution in [0.1, 0.15) is 5.82 Å². The average Bonchev–Trinajstić information content (AvgIpc) is 2.70. The largest absolute Gasteiger partial charge is 0.481 e. The standard InChI is InChI=1S/C9H15N5O3S/c10-14-7(5-13-1-3-17-4-2-13)11-12-9(14)18-6-8(15)16/h1-6,10H2,(H,15,16). The van der Waals surface area contributed by atoms with E-state index >= 15 is 0 Å². The molecule has 0 unspecified atom stereocenters. The summed E-state index contributed by atoms with van der Waals surface area (Å²) >= 11 is 1.06. The van der Waals surface area contributed by atoms with E-state index in [9.17, 15) is 4.79 Å². The van der Waals surface area contributed by atoms with E-state index in [0.717, 1.165) is 24.9 Å². The third kappa shape index (κ3) is 3.34. The van der Waals surface area contributed by atoms with Gasteiger partial charge in [-0.15, -0.1) is 10.2 Å². The lowest BCUT2D eigenvalue weighted by Gasteiger charge is -2.25. The van der Waals surface area contributed by atoms with Crippen molar-refractivity contribution in [1.82, 2.24) is 19.8 Å². The van der Waals surface area contributed by atoms with Crippen molar-refractivity contribution in [3.05, 3.63) is 5.82 Å². The van der Waals surface area contributed by atoms with E-state index in [2.05, 4.69) is 15.1 Å². The Labute approximate surface area is 108 Å². The molecule has 0 spiro atoms. The summed E-state index contributed by atoms with van der Waals surface area (Å²) < 4.78 is 6.60. The van der Waals surface area contributed by atoms with Crippen molar-refractivity contribution in [3.8, 4) is 0 Å². The first-order valence-corrected chi connectivity index (χ1v) is 6.49. The van der Waals surface area contributed by atoms with Gasteiger partial charge in [-0.05, 0) is 0 Å². The summed E-state index contributed by atoms with van der Waals surface area (Å²) in [5.41, 5.74) is 0. The SMILES string of the molecule is Nn1c(CN2CCOCC2)nnc1SCC(=O)O. The van der Waals surface area contributed by atoms with Gasteiger partial charge >= 0.3 is 5.97 Å². The van der Waals surface area contributed by atoms with Crippen molar-refractivity contribution < 1.29 is 14.6 Å². The van der Waals surface area contributed by atoms with Crippen LogP contribution in [0.3, 0.4) is 0 Å². The molecule has 100 valence electrons. The number of thioether (sulfide) groups is 1. The number of nitrogens with two attached hydrogens (primary N) is 1. The van der Waals surface area contributed by atoms with Gasteiger partial charge in [-0.1, -0.05) is 11.8 Å². The Bertz CT molecular complexity index is 418. The minimum Gasteiger partial charge on any atom is -0.481 e. The number of aliphatic carboxylic acids is 1. The van der Waals surface area contributed by atoms with E-state index < -0.39 is 5.97 Å². The number of morpholine rings is 1. The van der Waals surface area contributed by atoms with Gasteiger partial charge in [0.15, 0.2) is 5.82 Å². The van der Waals surface area contributed by atoms with Crippen LogP contribution in [0.2, 0.25) is 0 Å². The fourth-order valence-corrected chi connectivity index (χ4v) is 2.19. The number of carboxylic acid groups (broad SMARTS) is 1. The zero-order valence-corrected chi connectivity index (χ0v) is 10.6. The summed E-state index contributed by atoms with van der Waals surface area (Å²) in [6.45, 7) is 3.69. The molecule has 2 heterocycles. The van der Waals surface area contributed by atoms with Gasteiger partial charge in [0.1, 0.15) is 0 Å². The second-order valence-electron chi connectivity index (χ2n) is 3.84. The van der Waals surface area contributed by atoms with Crippen molar-refractivity contribution >= 4 is 17.7 Å². The normalized spacial score (nSPS) is 16.9. The third-order valence-electron chi connectivity index (χ3n) is 2.53. The molecule has 1 aromatic rings. The molecular formula is C9H15N5O3S. The van der Waals surface area contributed by atoms with Gasteiger partial charge < -0.3 is 15.7 Å². The Hall–Kier alpha value is -1.32. The molecular weight excluding hydrogens is 258 g/mol. The molecule has 1 aliphatic heterocycles. The summed E-state index contributed by atoms with van der Waals surface area (Å²) in [5, 5.41) is 16.9. The lowest BCUT2D eigenvalue weighted by Crippen LogP contribution is -2.37. The van der Waals surface area contributed by atoms with E-state index in [1.165, 1.54) is 4.68 Å². The second kappa shape index (κ2) is 6.03. The van der Waals surface area contributed by atoms with Crippen LogP contribution in [0.4, 0.5) is 0 Å². The lowest BCUT2D eigenvalue weighted by molar-refractivity contribution is -0.133. The van der Waals surface area contributed by atoms with Crippen LogP contribution in [-0.4, -0.2) is 62.9 Å². The van der Waals surface area contributed by atoms with Crippen LogP contribution in [0.25, 0.3) is 0 Å². The molecule has 9 heteroatoms. The third-order valence-corrected chi connectivity index (χ3v) is 3.46. The fraction of sp³-hybridized carbons (Fsp3) is 0.667. The number of rotatable bonds is 5. The highest BCUT2D eigenvalue weighted by Gasteiger charge is 2.16. The number of carbonyl (C=O) groups is 1. The van der Waals surface area contributed by atoms with Crippen molar-refractivity contribution in [2.45, 2.75) is 11.7 Å². The number of nitrogens with zero attached hydrogens (tertiary/aromatic N) is 4. The number of ether oxygens (including phenoxy) is 1. The highest BCUT2D eigenvalue weighted by atomic mass is 32.2. The quantitative estimate of drug-likeness (QED) is 0.520. The molecule has 8 nitrogen and oxygen atoms in total. The van der Waals surface area contributed by atoms with E-state index in [0.29, 0.717) is 30.7 Å². The molecule has 0 aliphatic carbocycles. The first kappa shape index (κ1) is 13.1. The number of hydrogen-bond donors (Lipinski definition) is 2. The lowest BCUT2D eigenvalue weighted by atomic mass is 10.4. The van der Waals surface area contributed by atoms with Crippen LogP contribution in [0.15, 0.2) is 5.16 Å². The second-order valence-corrected chi connectivity index (χ2v) is 4.78. The minimum atomic E-state index is -0.905. The fourth-order valence-electron chi connectivity index (χ4n) is 1.60. The molecule has 1 fully saturated rings. The van der Waals surface area contributed by atoms with Gasteiger partial charge in [0.25, 0.3) is 0 Å². The summed E-state index contributed by atoms with van der Waals surface area (Å²) in [6, 6.07) is 0. The molecule has 0 atom stereocenters. The maximum atomic E-state index is 10.5. The topological polar surface area (TPSA) is 107 Å². The van der Waals surface area contributed by atoms with Crippen LogP contribution < -0.4 is 5.84 Å². The van der Waals surface area contributed by atoms with Gasteiger partial charge in [0, 0.05) is 13.1 Å². The molecule has 0 amide bonds.